The van der Waals surface area contributed by atoms with Crippen molar-refractivity contribution < 1.29 is 8.83 Å². The molecule has 2 aliphatic rings. The molecule has 1 spiro atoms. The van der Waals surface area contributed by atoms with Gasteiger partial charge in [0, 0.05) is 54.5 Å². The summed E-state index contributed by atoms with van der Waals surface area (Å²) in [5, 5.41) is 21.0. The predicted molar refractivity (Wildman–Crippen MR) is 379 cm³/mol. The second-order valence-corrected chi connectivity index (χ2v) is 26.9. The van der Waals surface area contributed by atoms with Crippen molar-refractivity contribution in [1.82, 2.24) is 4.57 Å². The van der Waals surface area contributed by atoms with Crippen LogP contribution in [-0.2, 0) is 16.2 Å². The van der Waals surface area contributed by atoms with E-state index in [0.29, 0.717) is 33.6 Å². The molecule has 92 heavy (non-hydrogen) atoms. The summed E-state index contributed by atoms with van der Waals surface area (Å²) in [6.07, 6.45) is 0. The fraction of sp³-hybridized carbons (Fsp3) is 0.106. The van der Waals surface area contributed by atoms with Crippen LogP contribution in [0, 0.1) is 17.9 Å². The lowest BCUT2D eigenvalue weighted by molar-refractivity contribution is 0.590. The summed E-state index contributed by atoms with van der Waals surface area (Å²) in [7, 11) is 0. The van der Waals surface area contributed by atoms with Gasteiger partial charge in [-0.3, -0.25) is 0 Å². The lowest BCUT2D eigenvalue weighted by Gasteiger charge is -2.40. The molecule has 3 aromatic heterocycles. The van der Waals surface area contributed by atoms with Crippen molar-refractivity contribution in [3.8, 4) is 22.9 Å². The van der Waals surface area contributed by atoms with E-state index in [9.17, 15) is 5.26 Å². The van der Waals surface area contributed by atoms with Gasteiger partial charge in [-0.05, 0) is 133 Å². The van der Waals surface area contributed by atoms with Gasteiger partial charge in [0.15, 0.2) is 16.7 Å². The SMILES string of the molecule is [C-]#[N+]c1cccc2c1oc1c(N(c3ccc(C(C)(C)C)cc3)c3cc4c(c5ccccc35)-c3c(cc(N(c5ccc(C(C)(C)C)cc5)c5cccc6c5oc5c(C#N)cccc56)c5ccccc35)C43c4ccccc4-n4c5ccccc5c5cccc3c54)cccc12. The molecule has 1 atom stereocenters. The quantitative estimate of drug-likeness (QED) is 0.155. The first-order valence-electron chi connectivity index (χ1n) is 31.6. The molecule has 0 saturated carbocycles. The van der Waals surface area contributed by atoms with Crippen LogP contribution in [0.15, 0.2) is 258 Å². The summed E-state index contributed by atoms with van der Waals surface area (Å²) >= 11 is 0. The summed E-state index contributed by atoms with van der Waals surface area (Å²) in [6.45, 7) is 21.8. The Labute approximate surface area is 532 Å². The maximum Gasteiger partial charge on any atom is 0.229 e. The molecule has 436 valence electrons. The van der Waals surface area contributed by atoms with Gasteiger partial charge < -0.3 is 23.2 Å². The minimum atomic E-state index is -0.963. The predicted octanol–water partition coefficient (Wildman–Crippen LogP) is 23.5. The maximum atomic E-state index is 10.5. The van der Waals surface area contributed by atoms with E-state index in [1.165, 1.54) is 49.7 Å². The van der Waals surface area contributed by atoms with Gasteiger partial charge in [0.05, 0.1) is 57.0 Å². The van der Waals surface area contributed by atoms with Gasteiger partial charge in [0.1, 0.15) is 11.7 Å². The highest BCUT2D eigenvalue weighted by molar-refractivity contribution is 6.22. The Morgan fingerprint density at radius 3 is 1.39 bits per heavy atom. The fourth-order valence-electron chi connectivity index (χ4n) is 15.8. The summed E-state index contributed by atoms with van der Waals surface area (Å²) in [4.78, 5) is 8.79. The van der Waals surface area contributed by atoms with Crippen molar-refractivity contribution in [2.45, 2.75) is 57.8 Å². The van der Waals surface area contributed by atoms with E-state index >= 15 is 0 Å². The van der Waals surface area contributed by atoms with Crippen molar-refractivity contribution in [2.24, 2.45) is 0 Å². The fourth-order valence-corrected chi connectivity index (χ4v) is 15.8. The zero-order valence-corrected chi connectivity index (χ0v) is 51.7. The van der Waals surface area contributed by atoms with Crippen LogP contribution in [0.3, 0.4) is 0 Å². The first-order valence-corrected chi connectivity index (χ1v) is 31.6. The molecule has 0 saturated heterocycles. The lowest BCUT2D eigenvalue weighted by Crippen LogP contribution is -2.34. The van der Waals surface area contributed by atoms with Crippen LogP contribution in [-0.4, -0.2) is 4.57 Å². The number of para-hydroxylation sites is 7. The molecule has 0 amide bonds. The molecule has 18 rings (SSSR count). The van der Waals surface area contributed by atoms with Gasteiger partial charge in [0.25, 0.3) is 0 Å². The molecule has 1 aliphatic heterocycles. The molecule has 0 N–H and O–H groups in total. The number of fused-ring (bicyclic) bond motifs is 22. The standard InChI is InChI=1S/C85H59N5O2/c1-83(2,3)51-39-43-53(44-40-51)88(72-37-19-30-63-61-28-16-21-50(49-86)79(61)91-81(63)72)74-47-67-76(58-25-10-8-22-55(58)74)77-59-26-11-9-23-56(59)75(48-68(77)85(67)65-32-13-15-36-71(65)90-70-35-14-12-24-57(70)60-27-17-33-66(85)78(60)90)89(54-45-41-52(42-46-54)84(4,5)6)73-38-20-31-64-62-29-18-34-69(87-7)80(62)92-82(64)73/h8-48H,1-6H3. The number of hydrogen-bond acceptors (Lipinski definition) is 5. The van der Waals surface area contributed by atoms with Gasteiger partial charge in [-0.1, -0.05) is 224 Å². The van der Waals surface area contributed by atoms with Crippen LogP contribution in [0.5, 0.6) is 0 Å². The van der Waals surface area contributed by atoms with Crippen molar-refractivity contribution in [3.05, 3.63) is 299 Å². The van der Waals surface area contributed by atoms with Gasteiger partial charge in [-0.25, -0.2) is 4.85 Å². The van der Waals surface area contributed by atoms with E-state index in [1.807, 2.05) is 24.3 Å². The first-order chi connectivity index (χ1) is 44.8. The number of anilines is 6. The average molecular weight is 1180 g/mol. The second-order valence-electron chi connectivity index (χ2n) is 26.9. The molecular weight excluding hydrogens is 1120 g/mol. The molecule has 7 nitrogen and oxygen atoms in total. The molecular formula is C85H59N5O2. The number of nitrogens with zero attached hydrogens (tertiary/aromatic N) is 5. The Morgan fingerprint density at radius 2 is 0.837 bits per heavy atom. The third-order valence-corrected chi connectivity index (χ3v) is 19.9. The van der Waals surface area contributed by atoms with Crippen LogP contribution in [0.25, 0.3) is 109 Å². The minimum Gasteiger partial charge on any atom is -0.465 e. The zero-order valence-electron chi connectivity index (χ0n) is 51.7. The molecule has 1 aliphatic carbocycles. The van der Waals surface area contributed by atoms with Crippen molar-refractivity contribution in [2.75, 3.05) is 9.80 Å². The molecule has 13 aromatic carbocycles. The van der Waals surface area contributed by atoms with Crippen LogP contribution in [0.4, 0.5) is 39.8 Å². The molecule has 7 heteroatoms. The van der Waals surface area contributed by atoms with Gasteiger partial charge >= 0.3 is 0 Å². The Balaban J connectivity index is 1.02. The van der Waals surface area contributed by atoms with Gasteiger partial charge in [-0.2, -0.15) is 5.26 Å². The molecule has 0 fully saturated rings. The van der Waals surface area contributed by atoms with E-state index in [1.54, 1.807) is 0 Å². The number of nitriles is 1. The zero-order chi connectivity index (χ0) is 62.1. The smallest absolute Gasteiger partial charge is 0.229 e. The Morgan fingerprint density at radius 1 is 0.402 bits per heavy atom. The molecule has 0 bridgehead atoms. The Hall–Kier alpha value is -11.6. The van der Waals surface area contributed by atoms with E-state index in [2.05, 4.69) is 291 Å². The highest BCUT2D eigenvalue weighted by Crippen LogP contribution is 2.66. The van der Waals surface area contributed by atoms with Crippen LogP contribution in [0.1, 0.15) is 80.5 Å². The van der Waals surface area contributed by atoms with Crippen molar-refractivity contribution in [1.29, 1.82) is 5.26 Å². The molecule has 4 heterocycles. The number of hydrogen-bond donors (Lipinski definition) is 0. The highest BCUT2D eigenvalue weighted by atomic mass is 16.3. The summed E-state index contributed by atoms with van der Waals surface area (Å²) in [5.74, 6) is 0. The van der Waals surface area contributed by atoms with Crippen LogP contribution >= 0.6 is 0 Å². The Kier molecular flexibility index (Phi) is 11.1. The maximum absolute atomic E-state index is 10.5. The lowest BCUT2D eigenvalue weighted by atomic mass is 9.65. The van der Waals surface area contributed by atoms with Crippen LogP contribution < -0.4 is 9.80 Å². The minimum absolute atomic E-state index is 0.0961. The second kappa shape index (κ2) is 19.2. The third-order valence-electron chi connectivity index (χ3n) is 19.9. The summed E-state index contributed by atoms with van der Waals surface area (Å²) < 4.78 is 16.7. The highest BCUT2D eigenvalue weighted by Gasteiger charge is 2.53. The number of benzene rings is 13. The van der Waals surface area contributed by atoms with Gasteiger partial charge in [0.2, 0.25) is 5.69 Å². The van der Waals surface area contributed by atoms with Crippen molar-refractivity contribution >= 4 is 127 Å². The molecule has 0 radical (unpaired) electrons. The van der Waals surface area contributed by atoms with E-state index in [0.717, 1.165) is 99.5 Å². The monoisotopic (exact) mass is 1180 g/mol. The van der Waals surface area contributed by atoms with Gasteiger partial charge in [-0.15, -0.1) is 0 Å². The molecule has 1 unspecified atom stereocenters. The van der Waals surface area contributed by atoms with E-state index < -0.39 is 5.41 Å². The Bertz CT molecular complexity index is 5670. The topological polar surface area (TPSA) is 65.8 Å². The molecule has 16 aromatic rings. The van der Waals surface area contributed by atoms with Crippen LogP contribution in [0.2, 0.25) is 0 Å². The summed E-state index contributed by atoms with van der Waals surface area (Å²) in [5.41, 5.74) is 20.9. The van der Waals surface area contributed by atoms with E-state index in [-0.39, 0.29) is 10.8 Å². The van der Waals surface area contributed by atoms with Crippen molar-refractivity contribution in [3.63, 3.8) is 0 Å². The first kappa shape index (κ1) is 53.4. The third kappa shape index (κ3) is 7.25. The summed E-state index contributed by atoms with van der Waals surface area (Å²) in [6, 6.07) is 93.1. The average Bonchev–Trinajstić information content (AvgIpc) is 1.47. The van der Waals surface area contributed by atoms with E-state index in [4.69, 9.17) is 15.4 Å². The normalized spacial score (nSPS) is 14.2. The largest absolute Gasteiger partial charge is 0.465 e. The number of rotatable bonds is 6. The number of furan rings is 2. The number of aromatic nitrogens is 1.